The Kier molecular flexibility index (Phi) is 4.98. The average Bonchev–Trinajstić information content (AvgIpc) is 2.62. The second-order valence-electron chi connectivity index (χ2n) is 6.10. The SMILES string of the molecule is CCCC(=O)C[C@@H](c1ccccc1)c1c(O)c2ccccc2oc1=O. The molecule has 0 aliphatic rings. The van der Waals surface area contributed by atoms with Crippen molar-refractivity contribution in [2.45, 2.75) is 32.1 Å². The number of carbonyl (C=O) groups is 1. The van der Waals surface area contributed by atoms with Gasteiger partial charge in [-0.3, -0.25) is 4.79 Å². The fraction of sp³-hybridized carbons (Fsp3) is 0.238. The Bertz CT molecular complexity index is 941. The molecule has 4 nitrogen and oxygen atoms in total. The van der Waals surface area contributed by atoms with E-state index in [4.69, 9.17) is 4.42 Å². The molecule has 25 heavy (non-hydrogen) atoms. The summed E-state index contributed by atoms with van der Waals surface area (Å²) in [6.07, 6.45) is 1.36. The summed E-state index contributed by atoms with van der Waals surface area (Å²) in [7, 11) is 0. The van der Waals surface area contributed by atoms with Crippen molar-refractivity contribution in [3.05, 3.63) is 76.1 Å². The minimum atomic E-state index is -0.602. The van der Waals surface area contributed by atoms with Gasteiger partial charge in [-0.2, -0.15) is 0 Å². The number of para-hydroxylation sites is 1. The maximum absolute atomic E-state index is 12.6. The molecule has 3 rings (SSSR count). The lowest BCUT2D eigenvalue weighted by atomic mass is 9.86. The molecule has 1 atom stereocenters. The van der Waals surface area contributed by atoms with Crippen molar-refractivity contribution in [3.63, 3.8) is 0 Å². The van der Waals surface area contributed by atoms with Crippen LogP contribution in [-0.4, -0.2) is 10.9 Å². The van der Waals surface area contributed by atoms with E-state index in [1.165, 1.54) is 0 Å². The average molecular weight is 336 g/mol. The fourth-order valence-corrected chi connectivity index (χ4v) is 3.14. The van der Waals surface area contributed by atoms with Crippen LogP contribution in [0, 0.1) is 0 Å². The van der Waals surface area contributed by atoms with E-state index in [9.17, 15) is 14.7 Å². The topological polar surface area (TPSA) is 67.5 Å². The van der Waals surface area contributed by atoms with E-state index < -0.39 is 11.5 Å². The minimum absolute atomic E-state index is 0.0586. The van der Waals surface area contributed by atoms with Gasteiger partial charge in [0.2, 0.25) is 0 Å². The molecular formula is C21H20O4. The highest BCUT2D eigenvalue weighted by Gasteiger charge is 2.26. The van der Waals surface area contributed by atoms with Crippen LogP contribution in [0.1, 0.15) is 43.2 Å². The summed E-state index contributed by atoms with van der Waals surface area (Å²) < 4.78 is 5.39. The third kappa shape index (κ3) is 3.48. The Balaban J connectivity index is 2.17. The molecular weight excluding hydrogens is 316 g/mol. The third-order valence-electron chi connectivity index (χ3n) is 4.33. The predicted molar refractivity (Wildman–Crippen MR) is 97.0 cm³/mol. The Morgan fingerprint density at radius 3 is 2.48 bits per heavy atom. The van der Waals surface area contributed by atoms with E-state index in [0.29, 0.717) is 17.4 Å². The molecule has 0 fully saturated rings. The maximum atomic E-state index is 12.6. The summed E-state index contributed by atoms with van der Waals surface area (Å²) in [6, 6.07) is 16.1. The van der Waals surface area contributed by atoms with Crippen LogP contribution in [-0.2, 0) is 4.79 Å². The zero-order valence-corrected chi connectivity index (χ0v) is 14.1. The number of carbonyl (C=O) groups excluding carboxylic acids is 1. The van der Waals surface area contributed by atoms with Gasteiger partial charge in [0.05, 0.1) is 10.9 Å². The van der Waals surface area contributed by atoms with E-state index in [1.807, 2.05) is 37.3 Å². The lowest BCUT2D eigenvalue weighted by molar-refractivity contribution is -0.119. The van der Waals surface area contributed by atoms with Crippen LogP contribution in [0.25, 0.3) is 11.0 Å². The van der Waals surface area contributed by atoms with Crippen molar-refractivity contribution in [2.75, 3.05) is 0 Å². The summed E-state index contributed by atoms with van der Waals surface area (Å²) in [5.41, 5.74) is 0.689. The highest BCUT2D eigenvalue weighted by atomic mass is 16.4. The van der Waals surface area contributed by atoms with Gasteiger partial charge in [-0.05, 0) is 24.1 Å². The highest BCUT2D eigenvalue weighted by molar-refractivity contribution is 5.85. The second-order valence-corrected chi connectivity index (χ2v) is 6.10. The van der Waals surface area contributed by atoms with Gasteiger partial charge in [0.15, 0.2) is 0 Å². The molecule has 0 saturated heterocycles. The van der Waals surface area contributed by atoms with Crippen molar-refractivity contribution in [1.82, 2.24) is 0 Å². The molecule has 1 heterocycles. The van der Waals surface area contributed by atoms with Crippen molar-refractivity contribution in [2.24, 2.45) is 0 Å². The number of hydrogen-bond acceptors (Lipinski definition) is 4. The number of rotatable bonds is 6. The molecule has 0 spiro atoms. The van der Waals surface area contributed by atoms with E-state index in [2.05, 4.69) is 0 Å². The van der Waals surface area contributed by atoms with E-state index in [1.54, 1.807) is 24.3 Å². The monoisotopic (exact) mass is 336 g/mol. The van der Waals surface area contributed by atoms with Crippen LogP contribution in [0.3, 0.4) is 0 Å². The molecule has 0 radical (unpaired) electrons. The number of benzene rings is 2. The first-order valence-corrected chi connectivity index (χ1v) is 8.43. The largest absolute Gasteiger partial charge is 0.507 e. The first kappa shape index (κ1) is 17.0. The Morgan fingerprint density at radius 2 is 1.76 bits per heavy atom. The Labute approximate surface area is 145 Å². The van der Waals surface area contributed by atoms with E-state index in [-0.39, 0.29) is 23.5 Å². The number of hydrogen-bond donors (Lipinski definition) is 1. The Hall–Kier alpha value is -2.88. The van der Waals surface area contributed by atoms with Gasteiger partial charge >= 0.3 is 5.63 Å². The van der Waals surface area contributed by atoms with E-state index in [0.717, 1.165) is 12.0 Å². The molecule has 0 aliphatic heterocycles. The molecule has 1 aromatic heterocycles. The number of fused-ring (bicyclic) bond motifs is 1. The first-order chi connectivity index (χ1) is 12.1. The van der Waals surface area contributed by atoms with Crippen LogP contribution in [0.4, 0.5) is 0 Å². The zero-order chi connectivity index (χ0) is 17.8. The highest BCUT2D eigenvalue weighted by Crippen LogP contribution is 2.36. The summed E-state index contributed by atoms with van der Waals surface area (Å²) >= 11 is 0. The molecule has 0 aliphatic carbocycles. The minimum Gasteiger partial charge on any atom is -0.507 e. The molecule has 128 valence electrons. The zero-order valence-electron chi connectivity index (χ0n) is 14.1. The lowest BCUT2D eigenvalue weighted by Crippen LogP contribution is -2.17. The normalized spacial score (nSPS) is 12.2. The van der Waals surface area contributed by atoms with Gasteiger partial charge < -0.3 is 9.52 Å². The van der Waals surface area contributed by atoms with Crippen LogP contribution in [0.15, 0.2) is 63.8 Å². The summed E-state index contributed by atoms with van der Waals surface area (Å²) in [5, 5.41) is 11.2. The van der Waals surface area contributed by atoms with Crippen molar-refractivity contribution in [3.8, 4) is 5.75 Å². The van der Waals surface area contributed by atoms with Gasteiger partial charge in [0, 0.05) is 18.8 Å². The van der Waals surface area contributed by atoms with Crippen molar-refractivity contribution in [1.29, 1.82) is 0 Å². The van der Waals surface area contributed by atoms with Gasteiger partial charge in [-0.1, -0.05) is 49.4 Å². The van der Waals surface area contributed by atoms with Gasteiger partial charge in [0.1, 0.15) is 17.1 Å². The van der Waals surface area contributed by atoms with Gasteiger partial charge in [-0.15, -0.1) is 0 Å². The molecule has 4 heteroatoms. The molecule has 2 aromatic carbocycles. The van der Waals surface area contributed by atoms with Crippen LogP contribution < -0.4 is 5.63 Å². The molecule has 3 aromatic rings. The third-order valence-corrected chi connectivity index (χ3v) is 4.33. The van der Waals surface area contributed by atoms with Crippen LogP contribution in [0.5, 0.6) is 5.75 Å². The quantitative estimate of drug-likeness (QED) is 0.678. The second kappa shape index (κ2) is 7.34. The molecule has 1 N–H and O–H groups in total. The maximum Gasteiger partial charge on any atom is 0.343 e. The predicted octanol–water partition coefficient (Wildman–Crippen LogP) is 4.39. The number of ketones is 1. The molecule has 0 unspecified atom stereocenters. The first-order valence-electron chi connectivity index (χ1n) is 8.43. The summed E-state index contributed by atoms with van der Waals surface area (Å²) in [5.74, 6) is -0.575. The fourth-order valence-electron chi connectivity index (χ4n) is 3.14. The van der Waals surface area contributed by atoms with Crippen LogP contribution in [0.2, 0.25) is 0 Å². The van der Waals surface area contributed by atoms with Gasteiger partial charge in [-0.25, -0.2) is 4.79 Å². The van der Waals surface area contributed by atoms with E-state index >= 15 is 0 Å². The molecule has 0 saturated carbocycles. The van der Waals surface area contributed by atoms with Crippen molar-refractivity contribution < 1.29 is 14.3 Å². The summed E-state index contributed by atoms with van der Waals surface area (Å²) in [6.45, 7) is 1.94. The number of aromatic hydroxyl groups is 1. The van der Waals surface area contributed by atoms with Gasteiger partial charge in [0.25, 0.3) is 0 Å². The Morgan fingerprint density at radius 1 is 1.08 bits per heavy atom. The smallest absolute Gasteiger partial charge is 0.343 e. The molecule has 0 amide bonds. The lowest BCUT2D eigenvalue weighted by Gasteiger charge is -2.18. The standard InChI is InChI=1S/C21H20O4/c1-2-8-15(22)13-17(14-9-4-3-5-10-14)19-20(23)16-11-6-7-12-18(16)25-21(19)24/h3-7,9-12,17,23H,2,8,13H2,1H3/t17-/m0/s1. The summed E-state index contributed by atoms with van der Waals surface area (Å²) in [4.78, 5) is 24.8. The van der Waals surface area contributed by atoms with Crippen LogP contribution >= 0.6 is 0 Å². The number of Topliss-reactive ketones (excluding diaryl/α,β-unsaturated/α-hetero) is 1. The van der Waals surface area contributed by atoms with Crippen molar-refractivity contribution >= 4 is 16.8 Å². The molecule has 0 bridgehead atoms.